The minimum absolute atomic E-state index is 0.0169. The number of carbonyl (C=O) groups is 1. The minimum Gasteiger partial charge on any atom is -0.733 e. The van der Waals surface area contributed by atoms with Gasteiger partial charge in [-0.2, -0.15) is 5.26 Å². The fourth-order valence-corrected chi connectivity index (χ4v) is 2.85. The molecule has 2 rings (SSSR count). The topological polar surface area (TPSA) is 99.9 Å². The standard InChI is InChI=1S/C17H18N3O4/c1-10-14(9-18)16(12-6-5-7-13(8-12)20(22)23)15(17(21)24-4)11(2)19(10)3/h5-8,16,22H,1-4H3/q-1. The fourth-order valence-electron chi connectivity index (χ4n) is 2.85. The van der Waals surface area contributed by atoms with Gasteiger partial charge in [-0.3, -0.25) is 5.21 Å². The van der Waals surface area contributed by atoms with Crippen molar-refractivity contribution in [3.63, 3.8) is 0 Å². The Hall–Kier alpha value is -2.82. The number of ether oxygens (including phenoxy) is 1. The van der Waals surface area contributed by atoms with Crippen molar-refractivity contribution in [1.82, 2.24) is 4.90 Å². The Morgan fingerprint density at radius 3 is 2.62 bits per heavy atom. The molecule has 126 valence electrons. The average molecular weight is 328 g/mol. The molecule has 1 aromatic carbocycles. The van der Waals surface area contributed by atoms with Crippen molar-refractivity contribution in [2.45, 2.75) is 19.8 Å². The molecular weight excluding hydrogens is 310 g/mol. The van der Waals surface area contributed by atoms with Crippen LogP contribution in [0.3, 0.4) is 0 Å². The van der Waals surface area contributed by atoms with Crippen molar-refractivity contribution in [1.29, 1.82) is 5.26 Å². The number of benzene rings is 1. The second kappa shape index (κ2) is 6.74. The van der Waals surface area contributed by atoms with Gasteiger partial charge in [0, 0.05) is 18.4 Å². The van der Waals surface area contributed by atoms with Gasteiger partial charge in [-0.1, -0.05) is 12.1 Å². The number of nitriles is 1. The molecule has 1 N–H and O–H groups in total. The molecule has 7 heteroatoms. The van der Waals surface area contributed by atoms with Gasteiger partial charge in [0.25, 0.3) is 0 Å². The van der Waals surface area contributed by atoms with Gasteiger partial charge in [0.2, 0.25) is 0 Å². The number of allylic oxidation sites excluding steroid dienone is 3. The summed E-state index contributed by atoms with van der Waals surface area (Å²) in [6.07, 6.45) is 0. The molecule has 0 aliphatic carbocycles. The van der Waals surface area contributed by atoms with Crippen LogP contribution < -0.4 is 5.23 Å². The lowest BCUT2D eigenvalue weighted by Crippen LogP contribution is -2.30. The van der Waals surface area contributed by atoms with Crippen molar-refractivity contribution in [2.75, 3.05) is 19.4 Å². The second-order valence-electron chi connectivity index (χ2n) is 5.46. The van der Waals surface area contributed by atoms with Gasteiger partial charge >= 0.3 is 5.97 Å². The molecule has 0 saturated carbocycles. The van der Waals surface area contributed by atoms with E-state index in [1.165, 1.54) is 19.2 Å². The molecular formula is C17H18N3O4-. The zero-order valence-corrected chi connectivity index (χ0v) is 13.9. The predicted octanol–water partition coefficient (Wildman–Crippen LogP) is 2.65. The highest BCUT2D eigenvalue weighted by Crippen LogP contribution is 2.41. The number of methoxy groups -OCH3 is 1. The van der Waals surface area contributed by atoms with E-state index < -0.39 is 11.9 Å². The Morgan fingerprint density at radius 1 is 1.42 bits per heavy atom. The highest BCUT2D eigenvalue weighted by Gasteiger charge is 2.36. The third kappa shape index (κ3) is 2.85. The molecule has 1 aliphatic rings. The summed E-state index contributed by atoms with van der Waals surface area (Å²) in [5.41, 5.74) is 2.65. The Balaban J connectivity index is 2.72. The van der Waals surface area contributed by atoms with E-state index in [4.69, 9.17) is 9.94 Å². The molecule has 0 bridgehead atoms. The molecule has 0 aromatic heterocycles. The summed E-state index contributed by atoms with van der Waals surface area (Å²) in [6.45, 7) is 3.56. The summed E-state index contributed by atoms with van der Waals surface area (Å²) in [5, 5.41) is 29.7. The van der Waals surface area contributed by atoms with Crippen LogP contribution in [-0.4, -0.2) is 30.2 Å². The molecule has 0 radical (unpaired) electrons. The molecule has 1 atom stereocenters. The first-order chi connectivity index (χ1) is 11.3. The number of nitrogens with zero attached hydrogens (tertiary/aromatic N) is 3. The lowest BCUT2D eigenvalue weighted by molar-refractivity contribution is -0.136. The first kappa shape index (κ1) is 17.5. The molecule has 0 fully saturated rings. The maximum atomic E-state index is 12.3. The molecule has 1 aliphatic heterocycles. The summed E-state index contributed by atoms with van der Waals surface area (Å²) >= 11 is 0. The van der Waals surface area contributed by atoms with E-state index in [0.29, 0.717) is 28.1 Å². The number of rotatable bonds is 3. The van der Waals surface area contributed by atoms with E-state index in [0.717, 1.165) is 0 Å². The van der Waals surface area contributed by atoms with Crippen molar-refractivity contribution < 1.29 is 14.7 Å². The molecule has 0 amide bonds. The van der Waals surface area contributed by atoms with E-state index in [-0.39, 0.29) is 10.9 Å². The van der Waals surface area contributed by atoms with Crippen LogP contribution in [0.15, 0.2) is 46.8 Å². The largest absolute Gasteiger partial charge is 0.733 e. The lowest BCUT2D eigenvalue weighted by Gasteiger charge is -2.34. The summed E-state index contributed by atoms with van der Waals surface area (Å²) in [4.78, 5) is 14.1. The fraction of sp³-hybridized carbons (Fsp3) is 0.294. The molecule has 0 saturated heterocycles. The minimum atomic E-state index is -0.668. The summed E-state index contributed by atoms with van der Waals surface area (Å²) < 4.78 is 4.89. The second-order valence-corrected chi connectivity index (χ2v) is 5.46. The highest BCUT2D eigenvalue weighted by atomic mass is 16.8. The zero-order chi connectivity index (χ0) is 18.0. The van der Waals surface area contributed by atoms with Crippen LogP contribution >= 0.6 is 0 Å². The number of hydrogen-bond donors (Lipinski definition) is 1. The average Bonchev–Trinajstić information content (AvgIpc) is 2.58. The normalized spacial score (nSPS) is 17.7. The monoisotopic (exact) mass is 328 g/mol. The van der Waals surface area contributed by atoms with Crippen LogP contribution in [0.2, 0.25) is 0 Å². The van der Waals surface area contributed by atoms with Crippen LogP contribution in [-0.2, 0) is 9.53 Å². The number of esters is 1. The van der Waals surface area contributed by atoms with Gasteiger partial charge in [0.05, 0.1) is 35.9 Å². The Kier molecular flexibility index (Phi) is 4.93. The van der Waals surface area contributed by atoms with E-state index in [1.807, 2.05) is 0 Å². The summed E-state index contributed by atoms with van der Waals surface area (Å²) in [5.74, 6) is -1.21. The van der Waals surface area contributed by atoms with Crippen LogP contribution in [0.4, 0.5) is 5.69 Å². The zero-order valence-electron chi connectivity index (χ0n) is 13.9. The van der Waals surface area contributed by atoms with Crippen LogP contribution in [0.1, 0.15) is 25.3 Å². The van der Waals surface area contributed by atoms with E-state index in [2.05, 4.69) is 6.07 Å². The smallest absolute Gasteiger partial charge is 0.336 e. The first-order valence-corrected chi connectivity index (χ1v) is 7.23. The summed E-state index contributed by atoms with van der Waals surface area (Å²) in [7, 11) is 3.05. The van der Waals surface area contributed by atoms with Gasteiger partial charge in [0.15, 0.2) is 0 Å². The van der Waals surface area contributed by atoms with Crippen LogP contribution in [0.25, 0.3) is 0 Å². The summed E-state index contributed by atoms with van der Waals surface area (Å²) in [6, 6.07) is 8.31. The maximum absolute atomic E-state index is 12.3. The molecule has 0 spiro atoms. The van der Waals surface area contributed by atoms with E-state index in [1.54, 1.807) is 37.9 Å². The Morgan fingerprint density at radius 2 is 2.08 bits per heavy atom. The number of carbonyl (C=O) groups excluding carboxylic acids is 1. The molecule has 24 heavy (non-hydrogen) atoms. The third-order valence-electron chi connectivity index (χ3n) is 4.31. The molecule has 7 nitrogen and oxygen atoms in total. The van der Waals surface area contributed by atoms with Crippen LogP contribution in [0, 0.1) is 16.5 Å². The Labute approximate surface area is 140 Å². The Bertz CT molecular complexity index is 774. The molecule has 1 heterocycles. The molecule has 1 aromatic rings. The molecule has 1 unspecified atom stereocenters. The van der Waals surface area contributed by atoms with Crippen molar-refractivity contribution in [3.05, 3.63) is 57.6 Å². The number of anilines is 1. The number of hydrogen-bond acceptors (Lipinski definition) is 7. The van der Waals surface area contributed by atoms with Crippen molar-refractivity contribution in [3.8, 4) is 6.07 Å². The van der Waals surface area contributed by atoms with Crippen molar-refractivity contribution in [2.24, 2.45) is 0 Å². The SMILES string of the molecule is COC(=O)C1=C(C)N(C)C(C)=C(C#N)C1c1cccc(N([O-])O)c1. The highest BCUT2D eigenvalue weighted by molar-refractivity contribution is 5.93. The third-order valence-corrected chi connectivity index (χ3v) is 4.31. The quantitative estimate of drug-likeness (QED) is 0.672. The van der Waals surface area contributed by atoms with E-state index in [9.17, 15) is 15.3 Å². The van der Waals surface area contributed by atoms with E-state index >= 15 is 0 Å². The maximum Gasteiger partial charge on any atom is 0.336 e. The van der Waals surface area contributed by atoms with Gasteiger partial charge < -0.3 is 20.1 Å². The van der Waals surface area contributed by atoms with Crippen molar-refractivity contribution >= 4 is 11.7 Å². The van der Waals surface area contributed by atoms with Gasteiger partial charge in [-0.15, -0.1) is 0 Å². The van der Waals surface area contributed by atoms with Gasteiger partial charge in [-0.25, -0.2) is 4.79 Å². The van der Waals surface area contributed by atoms with Gasteiger partial charge in [-0.05, 0) is 31.5 Å². The predicted molar refractivity (Wildman–Crippen MR) is 87.6 cm³/mol. The lowest BCUT2D eigenvalue weighted by atomic mass is 9.80. The first-order valence-electron chi connectivity index (χ1n) is 7.23. The van der Waals surface area contributed by atoms with Crippen LogP contribution in [0.5, 0.6) is 0 Å². The van der Waals surface area contributed by atoms with Gasteiger partial charge in [0.1, 0.15) is 0 Å².